The molecule has 0 aromatic carbocycles. The van der Waals surface area contributed by atoms with Crippen LogP contribution in [0, 0.1) is 24.6 Å². The van der Waals surface area contributed by atoms with Crippen molar-refractivity contribution in [3.05, 3.63) is 53.5 Å². The van der Waals surface area contributed by atoms with Gasteiger partial charge in [0.2, 0.25) is 5.91 Å². The number of fused-ring (bicyclic) bond motifs is 1. The highest BCUT2D eigenvalue weighted by molar-refractivity contribution is 5.78. The molecular formula is C24H28FN5O3. The normalized spacial score (nSPS) is 23.2. The van der Waals surface area contributed by atoms with Crippen molar-refractivity contribution < 1.29 is 18.8 Å². The van der Waals surface area contributed by atoms with Gasteiger partial charge in [-0.25, -0.2) is 19.0 Å². The molecule has 0 N–H and O–H groups in total. The lowest BCUT2D eigenvalue weighted by atomic mass is 9.79. The standard InChI is InChI=1S/C24H28FN5O3/c1-15-27-23-22(32-2)10-17(14-29(23)28-15)9-16-3-5-18(6-4-16)24(31)30-21(7-8-33-30)19-11-20(25)13-26-12-19/h10-14,16,18,21H,3-9H2,1-2H3/t16?,18?,21-/m0/s1. The van der Waals surface area contributed by atoms with Gasteiger partial charge in [0, 0.05) is 24.7 Å². The third kappa shape index (κ3) is 4.42. The second kappa shape index (κ2) is 9.05. The number of rotatable bonds is 5. The zero-order valence-corrected chi connectivity index (χ0v) is 18.9. The number of pyridine rings is 2. The van der Waals surface area contributed by atoms with Gasteiger partial charge in [0.15, 0.2) is 11.4 Å². The summed E-state index contributed by atoms with van der Waals surface area (Å²) in [6, 6.07) is 3.20. The lowest BCUT2D eigenvalue weighted by molar-refractivity contribution is -0.183. The predicted octanol–water partition coefficient (Wildman–Crippen LogP) is 3.83. The maximum atomic E-state index is 13.6. The number of methoxy groups -OCH3 is 1. The molecule has 0 radical (unpaired) electrons. The fourth-order valence-electron chi connectivity index (χ4n) is 5.10. The first-order valence-corrected chi connectivity index (χ1v) is 11.5. The number of hydroxylamine groups is 2. The number of nitrogens with zero attached hydrogens (tertiary/aromatic N) is 5. The number of carbonyl (C=O) groups is 1. The van der Waals surface area contributed by atoms with Crippen LogP contribution in [0.25, 0.3) is 5.65 Å². The molecule has 33 heavy (non-hydrogen) atoms. The van der Waals surface area contributed by atoms with Crippen molar-refractivity contribution in [1.29, 1.82) is 0 Å². The molecule has 174 valence electrons. The van der Waals surface area contributed by atoms with Gasteiger partial charge < -0.3 is 4.74 Å². The zero-order valence-electron chi connectivity index (χ0n) is 18.9. The van der Waals surface area contributed by atoms with Crippen LogP contribution in [0.3, 0.4) is 0 Å². The van der Waals surface area contributed by atoms with Crippen LogP contribution in [-0.2, 0) is 16.1 Å². The molecule has 1 aliphatic heterocycles. The van der Waals surface area contributed by atoms with E-state index in [1.165, 1.54) is 17.3 Å². The highest BCUT2D eigenvalue weighted by Crippen LogP contribution is 2.37. The van der Waals surface area contributed by atoms with E-state index in [0.29, 0.717) is 30.3 Å². The Morgan fingerprint density at radius 2 is 2.03 bits per heavy atom. The summed E-state index contributed by atoms with van der Waals surface area (Å²) in [6.07, 6.45) is 9.93. The molecule has 1 atom stereocenters. The smallest absolute Gasteiger partial charge is 0.249 e. The van der Waals surface area contributed by atoms with E-state index in [9.17, 15) is 9.18 Å². The molecule has 8 nitrogen and oxygen atoms in total. The summed E-state index contributed by atoms with van der Waals surface area (Å²) in [5.41, 5.74) is 2.56. The van der Waals surface area contributed by atoms with Crippen molar-refractivity contribution in [2.24, 2.45) is 11.8 Å². The minimum Gasteiger partial charge on any atom is -0.493 e. The van der Waals surface area contributed by atoms with Crippen LogP contribution in [-0.4, -0.2) is 44.3 Å². The third-order valence-electron chi connectivity index (χ3n) is 6.74. The first kappa shape index (κ1) is 21.8. The fraction of sp³-hybridized carbons (Fsp3) is 0.500. The maximum Gasteiger partial charge on any atom is 0.249 e. The van der Waals surface area contributed by atoms with E-state index in [-0.39, 0.29) is 17.9 Å². The van der Waals surface area contributed by atoms with Crippen molar-refractivity contribution >= 4 is 11.6 Å². The molecule has 0 spiro atoms. The molecule has 1 saturated heterocycles. The van der Waals surface area contributed by atoms with Crippen LogP contribution in [0.4, 0.5) is 4.39 Å². The van der Waals surface area contributed by atoms with Gasteiger partial charge in [-0.05, 0) is 68.2 Å². The second-order valence-electron chi connectivity index (χ2n) is 9.00. The predicted molar refractivity (Wildman–Crippen MR) is 118 cm³/mol. The zero-order chi connectivity index (χ0) is 22.9. The number of ether oxygens (including phenoxy) is 1. The fourth-order valence-corrected chi connectivity index (χ4v) is 5.10. The van der Waals surface area contributed by atoms with Crippen LogP contribution >= 0.6 is 0 Å². The molecule has 3 aromatic rings. The first-order chi connectivity index (χ1) is 16.0. The van der Waals surface area contributed by atoms with Gasteiger partial charge in [0.25, 0.3) is 0 Å². The lowest BCUT2D eigenvalue weighted by Crippen LogP contribution is -2.36. The molecule has 0 unspecified atom stereocenters. The summed E-state index contributed by atoms with van der Waals surface area (Å²) in [4.78, 5) is 27.2. The Morgan fingerprint density at radius 3 is 2.79 bits per heavy atom. The van der Waals surface area contributed by atoms with E-state index < -0.39 is 5.82 Å². The molecule has 1 amide bonds. The lowest BCUT2D eigenvalue weighted by Gasteiger charge is -2.32. The molecule has 5 rings (SSSR count). The highest BCUT2D eigenvalue weighted by Gasteiger charge is 2.37. The molecular weight excluding hydrogens is 425 g/mol. The Morgan fingerprint density at radius 1 is 1.21 bits per heavy atom. The number of hydrogen-bond acceptors (Lipinski definition) is 6. The number of aromatic nitrogens is 4. The van der Waals surface area contributed by atoms with Gasteiger partial charge in [0.05, 0.1) is 26.0 Å². The van der Waals surface area contributed by atoms with Gasteiger partial charge in [-0.15, -0.1) is 0 Å². The van der Waals surface area contributed by atoms with Crippen LogP contribution < -0.4 is 4.74 Å². The minimum absolute atomic E-state index is 0.00129. The molecule has 9 heteroatoms. The van der Waals surface area contributed by atoms with Crippen LogP contribution in [0.1, 0.15) is 55.1 Å². The van der Waals surface area contributed by atoms with E-state index >= 15 is 0 Å². The van der Waals surface area contributed by atoms with Gasteiger partial charge >= 0.3 is 0 Å². The Labute approximate surface area is 191 Å². The SMILES string of the molecule is COc1cc(CC2CCC(C(=O)N3OCC[C@H]3c3cncc(F)c3)CC2)cn2nc(C)nc12. The van der Waals surface area contributed by atoms with E-state index in [1.54, 1.807) is 17.8 Å². The Bertz CT molecular complexity index is 1160. The van der Waals surface area contributed by atoms with Crippen molar-refractivity contribution in [3.8, 4) is 5.75 Å². The Hall–Kier alpha value is -3.07. The van der Waals surface area contributed by atoms with Crippen LogP contribution in [0.5, 0.6) is 5.75 Å². The second-order valence-corrected chi connectivity index (χ2v) is 9.00. The monoisotopic (exact) mass is 453 g/mol. The molecule has 2 aliphatic rings. The highest BCUT2D eigenvalue weighted by atomic mass is 19.1. The maximum absolute atomic E-state index is 13.6. The van der Waals surface area contributed by atoms with Crippen LogP contribution in [0.15, 0.2) is 30.7 Å². The van der Waals surface area contributed by atoms with Crippen molar-refractivity contribution in [1.82, 2.24) is 24.6 Å². The summed E-state index contributed by atoms with van der Waals surface area (Å²) < 4.78 is 20.9. The average Bonchev–Trinajstić information content (AvgIpc) is 3.45. The first-order valence-electron chi connectivity index (χ1n) is 11.5. The van der Waals surface area contributed by atoms with Crippen molar-refractivity contribution in [2.45, 2.75) is 51.5 Å². The van der Waals surface area contributed by atoms with Gasteiger partial charge in [0.1, 0.15) is 11.6 Å². The minimum atomic E-state index is -0.400. The number of carbonyl (C=O) groups excluding carboxylic acids is 1. The molecule has 0 bridgehead atoms. The Balaban J connectivity index is 1.22. The van der Waals surface area contributed by atoms with E-state index in [4.69, 9.17) is 9.57 Å². The topological polar surface area (TPSA) is 81.8 Å². The van der Waals surface area contributed by atoms with Gasteiger partial charge in [-0.2, -0.15) is 5.10 Å². The number of hydrogen-bond donors (Lipinski definition) is 0. The molecule has 3 aromatic heterocycles. The summed E-state index contributed by atoms with van der Waals surface area (Å²) >= 11 is 0. The summed E-state index contributed by atoms with van der Waals surface area (Å²) in [7, 11) is 1.65. The molecule has 1 saturated carbocycles. The van der Waals surface area contributed by atoms with Crippen molar-refractivity contribution in [3.63, 3.8) is 0 Å². The van der Waals surface area contributed by atoms with Crippen LogP contribution in [0.2, 0.25) is 0 Å². The Kier molecular flexibility index (Phi) is 5.97. The average molecular weight is 454 g/mol. The van der Waals surface area contributed by atoms with E-state index in [0.717, 1.165) is 49.1 Å². The largest absolute Gasteiger partial charge is 0.493 e. The van der Waals surface area contributed by atoms with Gasteiger partial charge in [-0.3, -0.25) is 14.6 Å². The van der Waals surface area contributed by atoms with E-state index in [1.807, 2.05) is 19.2 Å². The summed E-state index contributed by atoms with van der Waals surface area (Å²) in [5.74, 6) is 1.45. The molecule has 2 fully saturated rings. The number of amides is 1. The van der Waals surface area contributed by atoms with Crippen molar-refractivity contribution in [2.75, 3.05) is 13.7 Å². The summed E-state index contributed by atoms with van der Waals surface area (Å²) in [6.45, 7) is 2.32. The quantitative estimate of drug-likeness (QED) is 0.584. The molecule has 4 heterocycles. The molecule has 1 aliphatic carbocycles. The summed E-state index contributed by atoms with van der Waals surface area (Å²) in [5, 5.41) is 5.89. The van der Waals surface area contributed by atoms with E-state index in [2.05, 4.69) is 15.1 Å². The number of halogens is 1. The third-order valence-corrected chi connectivity index (χ3v) is 6.74. The number of aryl methyl sites for hydroxylation is 1. The van der Waals surface area contributed by atoms with Gasteiger partial charge in [-0.1, -0.05) is 0 Å².